The molecule has 3 aliphatic rings. The Balaban J connectivity index is 1.33. The summed E-state index contributed by atoms with van der Waals surface area (Å²) >= 11 is 1.47. The smallest absolute Gasteiger partial charge is 0.324 e. The number of ether oxygens (including phenoxy) is 3. The molecule has 6 heterocycles. The van der Waals surface area contributed by atoms with E-state index in [1.165, 1.54) is 16.3 Å². The second kappa shape index (κ2) is 16.4. The van der Waals surface area contributed by atoms with Crippen molar-refractivity contribution in [3.63, 3.8) is 0 Å². The molecule has 3 aromatic heterocycles. The molecule has 2 saturated heterocycles. The molecule has 2 N–H and O–H groups in total. The van der Waals surface area contributed by atoms with Crippen LogP contribution in [0.4, 0.5) is 4.79 Å². The van der Waals surface area contributed by atoms with Crippen molar-refractivity contribution in [2.45, 2.75) is 97.0 Å². The van der Waals surface area contributed by atoms with Gasteiger partial charge in [-0.1, -0.05) is 19.9 Å². The number of nitrogens with one attached hydrogen (secondary N) is 2. The number of cyclic esters (lactones) is 1. The van der Waals surface area contributed by atoms with Gasteiger partial charge in [0.25, 0.3) is 5.91 Å². The van der Waals surface area contributed by atoms with E-state index in [1.54, 1.807) is 25.3 Å². The summed E-state index contributed by atoms with van der Waals surface area (Å²) in [5.41, 5.74) is 9.60. The molecular formula is C41H53N7O6S. The van der Waals surface area contributed by atoms with Crippen molar-refractivity contribution in [3.05, 3.63) is 58.2 Å². The first kappa shape index (κ1) is 38.9. The lowest BCUT2D eigenvalue weighted by Crippen LogP contribution is -2.61. The van der Waals surface area contributed by atoms with E-state index in [9.17, 15) is 14.4 Å². The summed E-state index contributed by atoms with van der Waals surface area (Å²) in [5.74, 6) is -0.720. The van der Waals surface area contributed by atoms with Crippen molar-refractivity contribution in [2.24, 2.45) is 5.41 Å². The Kier molecular flexibility index (Phi) is 11.6. The van der Waals surface area contributed by atoms with Crippen LogP contribution in [0.3, 0.4) is 0 Å². The number of carbonyl (C=O) groups excluding carboxylic acids is 3. The Morgan fingerprint density at radius 2 is 1.98 bits per heavy atom. The Morgan fingerprint density at radius 1 is 1.16 bits per heavy atom. The largest absolute Gasteiger partial charge is 0.464 e. The third kappa shape index (κ3) is 8.00. The maximum absolute atomic E-state index is 14.3. The topological polar surface area (TPSA) is 140 Å². The predicted molar refractivity (Wildman–Crippen MR) is 211 cm³/mol. The van der Waals surface area contributed by atoms with Gasteiger partial charge in [0.2, 0.25) is 0 Å². The molecule has 55 heavy (non-hydrogen) atoms. The highest BCUT2D eigenvalue weighted by molar-refractivity contribution is 7.10. The van der Waals surface area contributed by atoms with Crippen molar-refractivity contribution >= 4 is 40.1 Å². The maximum Gasteiger partial charge on any atom is 0.324 e. The second-order valence-electron chi connectivity index (χ2n) is 15.7. The Labute approximate surface area is 326 Å². The number of pyridine rings is 1. The molecule has 3 aliphatic heterocycles. The highest BCUT2D eigenvalue weighted by atomic mass is 32.1. The van der Waals surface area contributed by atoms with E-state index in [1.807, 2.05) is 18.4 Å². The number of likely N-dealkylation sites (tertiary alicyclic amines) is 1. The fraction of sp³-hybridized carbons (Fsp3) is 0.537. The number of hydrogen-bond acceptors (Lipinski definition) is 10. The Bertz CT molecular complexity index is 2040. The van der Waals surface area contributed by atoms with Crippen LogP contribution in [-0.2, 0) is 43.2 Å². The monoisotopic (exact) mass is 771 g/mol. The van der Waals surface area contributed by atoms with Crippen LogP contribution in [0.1, 0.15) is 75.7 Å². The zero-order valence-corrected chi connectivity index (χ0v) is 33.5. The van der Waals surface area contributed by atoms with E-state index < -0.39 is 23.5 Å². The summed E-state index contributed by atoms with van der Waals surface area (Å²) in [4.78, 5) is 53.3. The number of urea groups is 1. The minimum Gasteiger partial charge on any atom is -0.464 e. The number of esters is 1. The van der Waals surface area contributed by atoms with E-state index in [0.717, 1.165) is 69.1 Å². The summed E-state index contributed by atoms with van der Waals surface area (Å²) in [7, 11) is 3.33. The van der Waals surface area contributed by atoms with Crippen molar-refractivity contribution in [3.8, 4) is 22.5 Å². The molecule has 0 radical (unpaired) electrons. The minimum absolute atomic E-state index is 0.0571. The standard InChI is InChI=1S/C41H53N7O6S/c1-7-46-34-15-14-26-19-29(34)30(37(46)28-12-8-16-42-36(28)25(2)53-6)21-41(3,4)24-54-39(50)31-13-10-18-48(45-31)38(49)32(20-35-43-33(26)23-55-35)44-40(51)47-17-9-11-27(47)22-52-5/h8,12,14-16,19,23,25,27,31-32,45H,7,9-11,13,17-18,20-22,24H2,1-6H3,(H,44,51)/t25-,27+,31-,32-/m0/s1. The third-order valence-electron chi connectivity index (χ3n) is 11.1. The molecule has 13 nitrogen and oxygen atoms in total. The zero-order chi connectivity index (χ0) is 38.9. The van der Waals surface area contributed by atoms with Gasteiger partial charge in [-0.05, 0) is 75.8 Å². The molecule has 6 bridgehead atoms. The lowest BCUT2D eigenvalue weighted by Gasteiger charge is -2.36. The SMILES string of the molecule is CCn1c(-c2cccnc2[C@H](C)OC)c2c3cc(ccc31)-c1csc(n1)C[C@H](NC(=O)N1CCC[C@@H]1COC)C(=O)N1CCC[C@H](N1)C(=O)OCC(C)(C)C2. The quantitative estimate of drug-likeness (QED) is 0.220. The lowest BCUT2D eigenvalue weighted by molar-refractivity contribution is -0.155. The minimum atomic E-state index is -0.909. The molecule has 0 spiro atoms. The first-order chi connectivity index (χ1) is 26.5. The molecule has 4 aromatic rings. The maximum atomic E-state index is 14.3. The van der Waals surface area contributed by atoms with E-state index in [2.05, 4.69) is 60.3 Å². The first-order valence-electron chi connectivity index (χ1n) is 19.4. The predicted octanol–water partition coefficient (Wildman–Crippen LogP) is 5.91. The van der Waals surface area contributed by atoms with Gasteiger partial charge in [-0.25, -0.2) is 15.2 Å². The zero-order valence-electron chi connectivity index (χ0n) is 32.7. The van der Waals surface area contributed by atoms with Crippen LogP contribution in [0.25, 0.3) is 33.4 Å². The number of fused-ring (bicyclic) bond motifs is 6. The van der Waals surface area contributed by atoms with Crippen LogP contribution >= 0.6 is 11.3 Å². The average molecular weight is 772 g/mol. The first-order valence-corrected chi connectivity index (χ1v) is 20.3. The van der Waals surface area contributed by atoms with Gasteiger partial charge in [0.1, 0.15) is 12.1 Å². The van der Waals surface area contributed by atoms with Gasteiger partial charge >= 0.3 is 12.0 Å². The van der Waals surface area contributed by atoms with E-state index >= 15 is 0 Å². The normalized spacial score (nSPS) is 22.4. The van der Waals surface area contributed by atoms with Gasteiger partial charge in [0.05, 0.1) is 47.4 Å². The van der Waals surface area contributed by atoms with Crippen molar-refractivity contribution in [2.75, 3.05) is 40.5 Å². The summed E-state index contributed by atoms with van der Waals surface area (Å²) in [6.07, 6.45) is 5.24. The molecule has 7 rings (SSSR count). The summed E-state index contributed by atoms with van der Waals surface area (Å²) in [6, 6.07) is 8.55. The summed E-state index contributed by atoms with van der Waals surface area (Å²) in [5, 5.41) is 8.35. The molecule has 294 valence electrons. The van der Waals surface area contributed by atoms with E-state index in [4.69, 9.17) is 24.2 Å². The summed E-state index contributed by atoms with van der Waals surface area (Å²) in [6.45, 7) is 10.7. The van der Waals surface area contributed by atoms with Gasteiger partial charge in [-0.15, -0.1) is 11.3 Å². The van der Waals surface area contributed by atoms with Crippen LogP contribution in [0.5, 0.6) is 0 Å². The molecule has 0 aliphatic carbocycles. The van der Waals surface area contributed by atoms with Gasteiger partial charge in [0.15, 0.2) is 0 Å². The number of amides is 3. The molecule has 3 amide bonds. The van der Waals surface area contributed by atoms with E-state index in [-0.39, 0.29) is 37.1 Å². The van der Waals surface area contributed by atoms with Crippen LogP contribution in [-0.4, -0.2) is 101 Å². The van der Waals surface area contributed by atoms with Crippen LogP contribution in [0.2, 0.25) is 0 Å². The number of methoxy groups -OCH3 is 2. The molecule has 2 fully saturated rings. The number of carbonyl (C=O) groups is 3. The Hall–Kier alpha value is -4.37. The van der Waals surface area contributed by atoms with Crippen LogP contribution < -0.4 is 10.7 Å². The average Bonchev–Trinajstić information content (AvgIpc) is 3.93. The number of aromatic nitrogens is 3. The molecule has 0 saturated carbocycles. The molecule has 14 heteroatoms. The molecular weight excluding hydrogens is 719 g/mol. The van der Waals surface area contributed by atoms with Gasteiger partial charge in [-0.2, -0.15) is 0 Å². The number of hydrazine groups is 1. The van der Waals surface area contributed by atoms with Gasteiger partial charge in [-0.3, -0.25) is 19.6 Å². The van der Waals surface area contributed by atoms with Crippen molar-refractivity contribution in [1.82, 2.24) is 35.2 Å². The van der Waals surface area contributed by atoms with Crippen molar-refractivity contribution < 1.29 is 28.6 Å². The highest BCUT2D eigenvalue weighted by Gasteiger charge is 2.37. The van der Waals surface area contributed by atoms with Gasteiger partial charge in [0, 0.05) is 79.3 Å². The number of aryl methyl sites for hydroxylation is 1. The third-order valence-corrected chi connectivity index (χ3v) is 12.0. The molecule has 4 atom stereocenters. The van der Waals surface area contributed by atoms with Gasteiger partial charge < -0.3 is 29.0 Å². The van der Waals surface area contributed by atoms with Crippen molar-refractivity contribution in [1.29, 1.82) is 0 Å². The van der Waals surface area contributed by atoms with E-state index in [0.29, 0.717) is 39.0 Å². The lowest BCUT2D eigenvalue weighted by atomic mass is 9.84. The fourth-order valence-corrected chi connectivity index (χ4v) is 9.11. The highest BCUT2D eigenvalue weighted by Crippen LogP contribution is 2.42. The number of thiazole rings is 1. The number of rotatable bonds is 7. The number of benzene rings is 1. The molecule has 0 unspecified atom stereocenters. The summed E-state index contributed by atoms with van der Waals surface area (Å²) < 4.78 is 19.6. The number of hydrogen-bond donors (Lipinski definition) is 2. The fourth-order valence-electron chi connectivity index (χ4n) is 8.26. The Morgan fingerprint density at radius 3 is 2.76 bits per heavy atom. The second-order valence-corrected chi connectivity index (χ2v) is 16.6. The van der Waals surface area contributed by atoms with Crippen LogP contribution in [0, 0.1) is 5.41 Å². The van der Waals surface area contributed by atoms with Crippen LogP contribution in [0.15, 0.2) is 41.9 Å². The number of nitrogens with zero attached hydrogens (tertiary/aromatic N) is 5. The molecule has 1 aromatic carbocycles.